The predicted molar refractivity (Wildman–Crippen MR) is 99.1 cm³/mol. The quantitative estimate of drug-likeness (QED) is 0.341. The van der Waals surface area contributed by atoms with E-state index in [2.05, 4.69) is 45.2 Å². The van der Waals surface area contributed by atoms with Crippen LogP contribution in [-0.2, 0) is 10.1 Å². The molecular formula is C14H12I2O5S. The summed E-state index contributed by atoms with van der Waals surface area (Å²) in [5.41, 5.74) is 0. The highest BCUT2D eigenvalue weighted by molar-refractivity contribution is 14.1. The molecular weight excluding hydrogens is 534 g/mol. The zero-order chi connectivity index (χ0) is 16.2. The van der Waals surface area contributed by atoms with Gasteiger partial charge in [-0.05, 0) is 87.6 Å². The highest BCUT2D eigenvalue weighted by Crippen LogP contribution is 2.23. The van der Waals surface area contributed by atoms with Gasteiger partial charge in [0.2, 0.25) is 0 Å². The minimum absolute atomic E-state index is 0.162. The van der Waals surface area contributed by atoms with Crippen molar-refractivity contribution in [3.05, 3.63) is 49.6 Å². The van der Waals surface area contributed by atoms with Crippen molar-refractivity contribution in [2.24, 2.45) is 0 Å². The molecule has 2 rings (SSSR count). The number of hydrogen-bond acceptors (Lipinski definition) is 4. The summed E-state index contributed by atoms with van der Waals surface area (Å²) in [6.45, 7) is 0.698. The van der Waals surface area contributed by atoms with E-state index in [1.165, 1.54) is 24.3 Å². The summed E-state index contributed by atoms with van der Waals surface area (Å²) in [5.74, 6) is 1.31. The number of benzene rings is 2. The van der Waals surface area contributed by atoms with Crippen molar-refractivity contribution >= 4 is 55.3 Å². The first-order valence-electron chi connectivity index (χ1n) is 6.14. The molecule has 0 spiro atoms. The third kappa shape index (κ3) is 5.25. The van der Waals surface area contributed by atoms with Gasteiger partial charge in [0.1, 0.15) is 24.7 Å². The van der Waals surface area contributed by atoms with Gasteiger partial charge in [0.05, 0.1) is 8.47 Å². The summed E-state index contributed by atoms with van der Waals surface area (Å²) in [6.07, 6.45) is 0. The van der Waals surface area contributed by atoms with Gasteiger partial charge in [-0.1, -0.05) is 0 Å². The number of rotatable bonds is 6. The lowest BCUT2D eigenvalue weighted by Crippen LogP contribution is -2.09. The van der Waals surface area contributed by atoms with E-state index >= 15 is 0 Å². The average molecular weight is 546 g/mol. The Kier molecular flexibility index (Phi) is 6.29. The zero-order valence-corrected chi connectivity index (χ0v) is 16.3. The molecule has 0 aromatic heterocycles. The second-order valence-corrected chi connectivity index (χ2v) is 8.05. The SMILES string of the molecule is O=S(=O)(O)c1ccc(OCCOc2ccc(I)cc2I)cc1. The van der Waals surface area contributed by atoms with Crippen LogP contribution in [0.1, 0.15) is 0 Å². The number of ether oxygens (including phenoxy) is 2. The van der Waals surface area contributed by atoms with Gasteiger partial charge in [-0.2, -0.15) is 8.42 Å². The summed E-state index contributed by atoms with van der Waals surface area (Å²) in [5, 5.41) is 0. The molecule has 0 aliphatic carbocycles. The molecule has 0 atom stereocenters. The minimum atomic E-state index is -4.17. The molecule has 118 valence electrons. The molecule has 0 radical (unpaired) electrons. The second-order valence-electron chi connectivity index (χ2n) is 4.22. The van der Waals surface area contributed by atoms with E-state index in [0.717, 1.165) is 12.9 Å². The third-order valence-electron chi connectivity index (χ3n) is 2.63. The Morgan fingerprint density at radius 1 is 0.955 bits per heavy atom. The summed E-state index contributed by atoms with van der Waals surface area (Å²) in [6, 6.07) is 11.4. The van der Waals surface area contributed by atoms with Crippen molar-refractivity contribution in [1.29, 1.82) is 0 Å². The maximum absolute atomic E-state index is 10.9. The molecule has 8 heteroatoms. The monoisotopic (exact) mass is 546 g/mol. The van der Waals surface area contributed by atoms with Gasteiger partial charge < -0.3 is 9.47 Å². The lowest BCUT2D eigenvalue weighted by molar-refractivity contribution is 0.216. The van der Waals surface area contributed by atoms with Gasteiger partial charge in [0.15, 0.2) is 0 Å². The van der Waals surface area contributed by atoms with Crippen LogP contribution in [0, 0.1) is 7.14 Å². The van der Waals surface area contributed by atoms with Crippen LogP contribution >= 0.6 is 45.2 Å². The standard InChI is InChI=1S/C14H12I2O5S/c15-10-1-6-14(13(16)9-10)21-8-7-20-11-2-4-12(5-3-11)22(17,18)19/h1-6,9H,7-8H2,(H,17,18,19). The van der Waals surface area contributed by atoms with E-state index in [1.54, 1.807) is 0 Å². The molecule has 0 aliphatic heterocycles. The normalized spacial score (nSPS) is 11.2. The average Bonchev–Trinajstić information content (AvgIpc) is 2.45. The van der Waals surface area contributed by atoms with Gasteiger partial charge in [0, 0.05) is 3.57 Å². The summed E-state index contributed by atoms with van der Waals surface area (Å²) < 4.78 is 43.9. The minimum Gasteiger partial charge on any atom is -0.490 e. The highest BCUT2D eigenvalue weighted by atomic mass is 127. The van der Waals surface area contributed by atoms with E-state index in [9.17, 15) is 8.42 Å². The molecule has 0 saturated carbocycles. The maximum Gasteiger partial charge on any atom is 0.294 e. The fraction of sp³-hybridized carbons (Fsp3) is 0.143. The van der Waals surface area contributed by atoms with Crippen LogP contribution in [0.25, 0.3) is 0 Å². The van der Waals surface area contributed by atoms with Crippen LogP contribution in [0.15, 0.2) is 47.4 Å². The van der Waals surface area contributed by atoms with Gasteiger partial charge in [-0.3, -0.25) is 4.55 Å². The van der Waals surface area contributed by atoms with Crippen molar-refractivity contribution in [2.45, 2.75) is 4.90 Å². The molecule has 5 nitrogen and oxygen atoms in total. The van der Waals surface area contributed by atoms with Gasteiger partial charge in [-0.15, -0.1) is 0 Å². The summed E-state index contributed by atoms with van der Waals surface area (Å²) >= 11 is 4.45. The Bertz CT molecular complexity index is 744. The largest absolute Gasteiger partial charge is 0.490 e. The van der Waals surface area contributed by atoms with Crippen molar-refractivity contribution in [3.8, 4) is 11.5 Å². The van der Waals surface area contributed by atoms with Gasteiger partial charge in [0.25, 0.3) is 10.1 Å². The first kappa shape index (κ1) is 17.8. The number of hydrogen-bond donors (Lipinski definition) is 1. The second kappa shape index (κ2) is 7.79. The highest BCUT2D eigenvalue weighted by Gasteiger charge is 2.08. The Morgan fingerprint density at radius 3 is 2.18 bits per heavy atom. The van der Waals surface area contributed by atoms with Crippen LogP contribution in [-0.4, -0.2) is 26.2 Å². The summed E-state index contributed by atoms with van der Waals surface area (Å²) in [4.78, 5) is -0.162. The van der Waals surface area contributed by atoms with Gasteiger partial charge >= 0.3 is 0 Å². The van der Waals surface area contributed by atoms with E-state index in [4.69, 9.17) is 14.0 Å². The molecule has 2 aromatic carbocycles. The smallest absolute Gasteiger partial charge is 0.294 e. The molecule has 0 aliphatic rings. The molecule has 0 heterocycles. The van der Waals surface area contributed by atoms with E-state index in [0.29, 0.717) is 19.0 Å². The van der Waals surface area contributed by atoms with E-state index < -0.39 is 10.1 Å². The molecule has 0 fully saturated rings. The van der Waals surface area contributed by atoms with Crippen LogP contribution in [0.2, 0.25) is 0 Å². The Morgan fingerprint density at radius 2 is 1.59 bits per heavy atom. The first-order chi connectivity index (χ1) is 10.4. The topological polar surface area (TPSA) is 72.8 Å². The van der Waals surface area contributed by atoms with Crippen molar-refractivity contribution in [1.82, 2.24) is 0 Å². The predicted octanol–water partition coefficient (Wildman–Crippen LogP) is 3.60. The Balaban J connectivity index is 1.84. The number of halogens is 2. The lowest BCUT2D eigenvalue weighted by atomic mass is 10.3. The Labute approximate surface area is 156 Å². The first-order valence-corrected chi connectivity index (χ1v) is 9.74. The van der Waals surface area contributed by atoms with Crippen LogP contribution < -0.4 is 9.47 Å². The molecule has 22 heavy (non-hydrogen) atoms. The maximum atomic E-state index is 10.9. The zero-order valence-electron chi connectivity index (χ0n) is 11.2. The molecule has 2 aromatic rings. The third-order valence-corrected chi connectivity index (χ3v) is 5.01. The Hall–Kier alpha value is -0.590. The van der Waals surface area contributed by atoms with E-state index in [-0.39, 0.29) is 4.90 Å². The van der Waals surface area contributed by atoms with Crippen LogP contribution in [0.4, 0.5) is 0 Å². The van der Waals surface area contributed by atoms with Crippen molar-refractivity contribution in [3.63, 3.8) is 0 Å². The van der Waals surface area contributed by atoms with Crippen molar-refractivity contribution < 1.29 is 22.4 Å². The molecule has 0 bridgehead atoms. The fourth-order valence-corrected chi connectivity index (χ4v) is 3.85. The molecule has 0 amide bonds. The summed E-state index contributed by atoms with van der Waals surface area (Å²) in [7, 11) is -4.17. The van der Waals surface area contributed by atoms with Crippen molar-refractivity contribution in [2.75, 3.05) is 13.2 Å². The van der Waals surface area contributed by atoms with Gasteiger partial charge in [-0.25, -0.2) is 0 Å². The van der Waals surface area contributed by atoms with Crippen LogP contribution in [0.5, 0.6) is 11.5 Å². The van der Waals surface area contributed by atoms with Crippen LogP contribution in [0.3, 0.4) is 0 Å². The molecule has 0 saturated heterocycles. The lowest BCUT2D eigenvalue weighted by Gasteiger charge is -2.10. The molecule has 1 N–H and O–H groups in total. The van der Waals surface area contributed by atoms with E-state index in [1.807, 2.05) is 18.2 Å². The molecule has 0 unspecified atom stereocenters. The fourth-order valence-electron chi connectivity index (χ4n) is 1.61.